The zero-order valence-corrected chi connectivity index (χ0v) is 13.5. The summed E-state index contributed by atoms with van der Waals surface area (Å²) in [7, 11) is 0. The number of nitrogens with one attached hydrogen (secondary N) is 1. The number of hydrogen-bond donors (Lipinski definition) is 1. The molecule has 110 valence electrons. The molecule has 4 heteroatoms. The molecule has 0 heterocycles. The zero-order valence-electron chi connectivity index (χ0n) is 11.9. The Balaban J connectivity index is 1.89. The molecule has 0 aliphatic carbocycles. The third kappa shape index (κ3) is 4.90. The van der Waals surface area contributed by atoms with Crippen LogP contribution < -0.4 is 5.32 Å². The summed E-state index contributed by atoms with van der Waals surface area (Å²) in [5, 5.41) is 2.90. The molecule has 0 radical (unpaired) electrons. The minimum Gasteiger partial charge on any atom is -0.445 e. The molecule has 2 aromatic rings. The molecule has 1 N–H and O–H groups in total. The number of carbonyl (C=O) groups is 1. The summed E-state index contributed by atoms with van der Waals surface area (Å²) >= 11 is 3.41. The smallest absolute Gasteiger partial charge is 0.407 e. The van der Waals surface area contributed by atoms with Crippen LogP contribution in [0.1, 0.15) is 30.5 Å². The Kier molecular flexibility index (Phi) is 5.81. The number of alkyl carbamates (subject to hydrolysis) is 1. The van der Waals surface area contributed by atoms with Crippen molar-refractivity contribution in [2.75, 3.05) is 0 Å². The van der Waals surface area contributed by atoms with E-state index in [0.717, 1.165) is 22.0 Å². The third-order valence-electron chi connectivity index (χ3n) is 3.19. The molecule has 0 aromatic heterocycles. The Morgan fingerprint density at radius 1 is 1.14 bits per heavy atom. The fourth-order valence-corrected chi connectivity index (χ4v) is 2.29. The number of amides is 1. The molecule has 2 rings (SSSR count). The van der Waals surface area contributed by atoms with Gasteiger partial charge < -0.3 is 10.1 Å². The molecule has 1 unspecified atom stereocenters. The van der Waals surface area contributed by atoms with Crippen molar-refractivity contribution in [2.45, 2.75) is 26.0 Å². The largest absolute Gasteiger partial charge is 0.445 e. The van der Waals surface area contributed by atoms with Crippen molar-refractivity contribution in [3.05, 3.63) is 70.2 Å². The lowest BCUT2D eigenvalue weighted by Crippen LogP contribution is -2.28. The normalized spacial score (nSPS) is 11.7. The second-order valence-electron chi connectivity index (χ2n) is 4.72. The van der Waals surface area contributed by atoms with Crippen molar-refractivity contribution < 1.29 is 9.53 Å². The van der Waals surface area contributed by atoms with E-state index in [1.165, 1.54) is 0 Å². The lowest BCUT2D eigenvalue weighted by atomic mass is 10.1. The maximum atomic E-state index is 11.9. The van der Waals surface area contributed by atoms with Crippen LogP contribution in [0.15, 0.2) is 59.1 Å². The van der Waals surface area contributed by atoms with Crippen molar-refractivity contribution in [1.29, 1.82) is 0 Å². The standard InChI is InChI=1S/C17H18BrNO2/c1-2-16(14-8-10-15(18)11-9-14)19-17(20)21-12-13-6-4-3-5-7-13/h3-11,16H,2,12H2,1H3,(H,19,20). The quantitative estimate of drug-likeness (QED) is 0.841. The molecule has 3 nitrogen and oxygen atoms in total. The van der Waals surface area contributed by atoms with Gasteiger partial charge in [-0.3, -0.25) is 0 Å². The third-order valence-corrected chi connectivity index (χ3v) is 3.71. The molecule has 0 bridgehead atoms. The van der Waals surface area contributed by atoms with Crippen LogP contribution in [0.2, 0.25) is 0 Å². The van der Waals surface area contributed by atoms with Crippen molar-refractivity contribution in [2.24, 2.45) is 0 Å². The van der Waals surface area contributed by atoms with E-state index in [1.54, 1.807) is 0 Å². The van der Waals surface area contributed by atoms with Crippen molar-refractivity contribution >= 4 is 22.0 Å². The summed E-state index contributed by atoms with van der Waals surface area (Å²) in [5.41, 5.74) is 2.04. The molecule has 0 saturated heterocycles. The number of benzene rings is 2. The van der Waals surface area contributed by atoms with E-state index in [9.17, 15) is 4.79 Å². The van der Waals surface area contributed by atoms with E-state index in [-0.39, 0.29) is 12.6 Å². The monoisotopic (exact) mass is 347 g/mol. The van der Waals surface area contributed by atoms with Crippen molar-refractivity contribution in [1.82, 2.24) is 5.32 Å². The van der Waals surface area contributed by atoms with Gasteiger partial charge in [-0.05, 0) is 29.7 Å². The predicted octanol–water partition coefficient (Wildman–Crippen LogP) is 4.83. The number of carbonyl (C=O) groups excluding carboxylic acids is 1. The molecule has 0 fully saturated rings. The summed E-state index contributed by atoms with van der Waals surface area (Å²) in [4.78, 5) is 11.9. The van der Waals surface area contributed by atoms with Gasteiger partial charge in [0.15, 0.2) is 0 Å². The zero-order chi connectivity index (χ0) is 15.1. The van der Waals surface area contributed by atoms with E-state index in [4.69, 9.17) is 4.74 Å². The number of hydrogen-bond acceptors (Lipinski definition) is 2. The molecule has 0 saturated carbocycles. The molecule has 0 aliphatic heterocycles. The summed E-state index contributed by atoms with van der Waals surface area (Å²) in [6.07, 6.45) is 0.413. The first kappa shape index (κ1) is 15.6. The minimum absolute atomic E-state index is 0.0404. The van der Waals surface area contributed by atoms with Crippen LogP contribution in [0.25, 0.3) is 0 Å². The average molecular weight is 348 g/mol. The molecule has 1 amide bonds. The summed E-state index contributed by atoms with van der Waals surface area (Å²) in [5.74, 6) is 0. The lowest BCUT2D eigenvalue weighted by molar-refractivity contribution is 0.135. The molecule has 0 aliphatic rings. The minimum atomic E-state index is -0.395. The molecule has 0 spiro atoms. The van der Waals surface area contributed by atoms with Crippen LogP contribution in [0, 0.1) is 0 Å². The Hall–Kier alpha value is -1.81. The van der Waals surface area contributed by atoms with Gasteiger partial charge in [-0.15, -0.1) is 0 Å². The highest BCUT2D eigenvalue weighted by molar-refractivity contribution is 9.10. The Labute approximate surface area is 133 Å². The Morgan fingerprint density at radius 3 is 2.43 bits per heavy atom. The molecular weight excluding hydrogens is 330 g/mol. The van der Waals surface area contributed by atoms with Gasteiger partial charge >= 0.3 is 6.09 Å². The van der Waals surface area contributed by atoms with E-state index in [1.807, 2.05) is 61.5 Å². The number of halogens is 1. The predicted molar refractivity (Wildman–Crippen MR) is 86.9 cm³/mol. The highest BCUT2D eigenvalue weighted by Gasteiger charge is 2.13. The van der Waals surface area contributed by atoms with Crippen LogP contribution >= 0.6 is 15.9 Å². The summed E-state index contributed by atoms with van der Waals surface area (Å²) in [6, 6.07) is 17.5. The fraction of sp³-hybridized carbons (Fsp3) is 0.235. The molecule has 21 heavy (non-hydrogen) atoms. The van der Waals surface area contributed by atoms with Crippen LogP contribution in [0.4, 0.5) is 4.79 Å². The van der Waals surface area contributed by atoms with Gasteiger partial charge in [0.05, 0.1) is 6.04 Å². The Bertz CT molecular complexity index is 569. The second kappa shape index (κ2) is 7.84. The summed E-state index contributed by atoms with van der Waals surface area (Å²) < 4.78 is 6.27. The Morgan fingerprint density at radius 2 is 1.81 bits per heavy atom. The van der Waals surface area contributed by atoms with Gasteiger partial charge in [-0.25, -0.2) is 4.79 Å². The van der Waals surface area contributed by atoms with Gasteiger partial charge in [0.25, 0.3) is 0 Å². The first-order valence-electron chi connectivity index (χ1n) is 6.91. The van der Waals surface area contributed by atoms with E-state index >= 15 is 0 Å². The van der Waals surface area contributed by atoms with Crippen LogP contribution in [0.5, 0.6) is 0 Å². The van der Waals surface area contributed by atoms with Gasteiger partial charge in [-0.2, -0.15) is 0 Å². The fourth-order valence-electron chi connectivity index (χ4n) is 2.02. The van der Waals surface area contributed by atoms with Gasteiger partial charge in [-0.1, -0.05) is 65.3 Å². The summed E-state index contributed by atoms with van der Waals surface area (Å²) in [6.45, 7) is 2.31. The lowest BCUT2D eigenvalue weighted by Gasteiger charge is -2.17. The molecule has 2 aromatic carbocycles. The molecule has 1 atom stereocenters. The van der Waals surface area contributed by atoms with Gasteiger partial charge in [0, 0.05) is 4.47 Å². The van der Waals surface area contributed by atoms with Crippen LogP contribution in [-0.2, 0) is 11.3 Å². The first-order chi connectivity index (χ1) is 10.2. The van der Waals surface area contributed by atoms with Gasteiger partial charge in [0.1, 0.15) is 6.61 Å². The van der Waals surface area contributed by atoms with Crippen molar-refractivity contribution in [3.8, 4) is 0 Å². The first-order valence-corrected chi connectivity index (χ1v) is 7.71. The van der Waals surface area contributed by atoms with E-state index in [2.05, 4.69) is 21.2 Å². The van der Waals surface area contributed by atoms with Crippen LogP contribution in [-0.4, -0.2) is 6.09 Å². The molecular formula is C17H18BrNO2. The second-order valence-corrected chi connectivity index (χ2v) is 5.63. The highest BCUT2D eigenvalue weighted by atomic mass is 79.9. The average Bonchev–Trinajstić information content (AvgIpc) is 2.52. The number of rotatable bonds is 5. The van der Waals surface area contributed by atoms with Crippen molar-refractivity contribution in [3.63, 3.8) is 0 Å². The van der Waals surface area contributed by atoms with E-state index < -0.39 is 6.09 Å². The maximum Gasteiger partial charge on any atom is 0.407 e. The highest BCUT2D eigenvalue weighted by Crippen LogP contribution is 2.19. The topological polar surface area (TPSA) is 38.3 Å². The maximum absolute atomic E-state index is 11.9. The van der Waals surface area contributed by atoms with E-state index in [0.29, 0.717) is 0 Å². The van der Waals surface area contributed by atoms with Crippen LogP contribution in [0.3, 0.4) is 0 Å². The SMILES string of the molecule is CCC(NC(=O)OCc1ccccc1)c1ccc(Br)cc1. The number of ether oxygens (including phenoxy) is 1. The van der Waals surface area contributed by atoms with Gasteiger partial charge in [0.2, 0.25) is 0 Å².